The van der Waals surface area contributed by atoms with Gasteiger partial charge in [-0.1, -0.05) is 66.7 Å². The number of benzene rings is 3. The molecule has 0 aliphatic heterocycles. The van der Waals surface area contributed by atoms with Gasteiger partial charge in [-0.3, -0.25) is 9.36 Å². The van der Waals surface area contributed by atoms with E-state index >= 15 is 0 Å². The molecule has 1 N–H and O–H groups in total. The van der Waals surface area contributed by atoms with Crippen molar-refractivity contribution in [1.82, 2.24) is 4.67 Å². The van der Waals surface area contributed by atoms with Gasteiger partial charge in [0.25, 0.3) is 0 Å². The van der Waals surface area contributed by atoms with Crippen molar-refractivity contribution < 1.29 is 14.5 Å². The Hall–Kier alpha value is -2.68. The summed E-state index contributed by atoms with van der Waals surface area (Å²) in [5, 5.41) is 11.1. The van der Waals surface area contributed by atoms with Crippen molar-refractivity contribution in [2.45, 2.75) is 12.5 Å². The van der Waals surface area contributed by atoms with Crippen LogP contribution in [0, 0.1) is 0 Å². The van der Waals surface area contributed by atoms with Gasteiger partial charge in [-0.15, -0.1) is 0 Å². The highest BCUT2D eigenvalue weighted by Gasteiger charge is 2.39. The van der Waals surface area contributed by atoms with E-state index in [1.54, 1.807) is 31.3 Å². The van der Waals surface area contributed by atoms with Gasteiger partial charge in [0.05, 0.1) is 0 Å². The molecule has 0 aliphatic carbocycles. The van der Waals surface area contributed by atoms with E-state index in [4.69, 9.17) is 0 Å². The first-order valence-electron chi connectivity index (χ1n) is 8.75. The summed E-state index contributed by atoms with van der Waals surface area (Å²) >= 11 is 0. The molecule has 27 heavy (non-hydrogen) atoms. The van der Waals surface area contributed by atoms with Crippen LogP contribution in [0.1, 0.15) is 5.56 Å². The number of carboxylic acid groups (broad SMARTS) is 1. The van der Waals surface area contributed by atoms with Gasteiger partial charge < -0.3 is 5.11 Å². The number of carbonyl (C=O) groups is 1. The van der Waals surface area contributed by atoms with E-state index in [1.807, 2.05) is 66.7 Å². The van der Waals surface area contributed by atoms with Crippen LogP contribution in [0.5, 0.6) is 0 Å². The van der Waals surface area contributed by atoms with Crippen LogP contribution in [-0.2, 0) is 15.8 Å². The lowest BCUT2D eigenvalue weighted by Crippen LogP contribution is -2.42. The number of carboxylic acids is 1. The van der Waals surface area contributed by atoms with Gasteiger partial charge in [0, 0.05) is 10.6 Å². The Labute approximate surface area is 159 Å². The molecule has 0 amide bonds. The molecule has 0 heterocycles. The van der Waals surface area contributed by atoms with Gasteiger partial charge in [-0.25, -0.2) is 4.67 Å². The molecule has 0 aromatic heterocycles. The Morgan fingerprint density at radius 1 is 0.852 bits per heavy atom. The zero-order valence-electron chi connectivity index (χ0n) is 15.1. The summed E-state index contributed by atoms with van der Waals surface area (Å²) in [5.74, 6) is -0.992. The Balaban J connectivity index is 2.08. The molecule has 3 aromatic carbocycles. The standard InChI is InChI=1S/C22H22NO3P/c1-23(21(22(24)25)17-18-11-5-2-6-12-18)27(26,19-13-7-3-8-14-19)20-15-9-4-10-16-20/h2-16,21H,17H2,1H3,(H,24,25)/t21-/m0/s1. The van der Waals surface area contributed by atoms with Crippen molar-refractivity contribution in [2.24, 2.45) is 0 Å². The summed E-state index contributed by atoms with van der Waals surface area (Å²) in [4.78, 5) is 12.1. The summed E-state index contributed by atoms with van der Waals surface area (Å²) in [6.07, 6.45) is 0.274. The predicted octanol–water partition coefficient (Wildman–Crippen LogP) is 3.54. The van der Waals surface area contributed by atoms with E-state index < -0.39 is 19.3 Å². The van der Waals surface area contributed by atoms with Crippen LogP contribution >= 0.6 is 7.29 Å². The lowest BCUT2D eigenvalue weighted by Gasteiger charge is -2.33. The monoisotopic (exact) mass is 379 g/mol. The van der Waals surface area contributed by atoms with E-state index in [-0.39, 0.29) is 6.42 Å². The van der Waals surface area contributed by atoms with E-state index in [1.165, 1.54) is 4.67 Å². The van der Waals surface area contributed by atoms with Gasteiger partial charge in [-0.05, 0) is 43.3 Å². The molecule has 3 rings (SSSR count). The Morgan fingerprint density at radius 2 is 1.26 bits per heavy atom. The molecule has 0 saturated carbocycles. The molecule has 4 nitrogen and oxygen atoms in total. The second-order valence-electron chi connectivity index (χ2n) is 6.36. The maximum atomic E-state index is 14.3. The van der Waals surface area contributed by atoms with E-state index in [9.17, 15) is 14.5 Å². The Bertz CT molecular complexity index is 886. The smallest absolute Gasteiger partial charge is 0.321 e. The van der Waals surface area contributed by atoms with E-state index in [0.717, 1.165) is 5.56 Å². The molecule has 0 spiro atoms. The molecule has 3 aromatic rings. The maximum Gasteiger partial charge on any atom is 0.321 e. The van der Waals surface area contributed by atoms with Crippen LogP contribution in [0.3, 0.4) is 0 Å². The third-order valence-corrected chi connectivity index (χ3v) is 7.83. The fourth-order valence-electron chi connectivity index (χ4n) is 3.19. The first kappa shape index (κ1) is 19.1. The van der Waals surface area contributed by atoms with Gasteiger partial charge in [0.2, 0.25) is 7.29 Å². The second-order valence-corrected chi connectivity index (χ2v) is 9.18. The minimum absolute atomic E-state index is 0.274. The number of hydrogen-bond acceptors (Lipinski definition) is 2. The van der Waals surface area contributed by atoms with Crippen molar-refractivity contribution in [2.75, 3.05) is 7.05 Å². The molecule has 5 heteroatoms. The minimum Gasteiger partial charge on any atom is -0.480 e. The molecule has 0 fully saturated rings. The highest BCUT2D eigenvalue weighted by Crippen LogP contribution is 2.48. The predicted molar refractivity (Wildman–Crippen MR) is 109 cm³/mol. The van der Waals surface area contributed by atoms with Crippen LogP contribution in [0.2, 0.25) is 0 Å². The second kappa shape index (κ2) is 8.34. The molecule has 138 valence electrons. The average Bonchev–Trinajstić information content (AvgIpc) is 2.72. The number of hydrogen-bond donors (Lipinski definition) is 1. The molecule has 0 saturated heterocycles. The van der Waals surface area contributed by atoms with Gasteiger partial charge in [0.15, 0.2) is 0 Å². The summed E-state index contributed by atoms with van der Waals surface area (Å²) in [6.45, 7) is 0. The molecule has 0 radical (unpaired) electrons. The minimum atomic E-state index is -3.31. The highest BCUT2D eigenvalue weighted by atomic mass is 31.2. The summed E-state index contributed by atoms with van der Waals surface area (Å²) in [5.41, 5.74) is 0.893. The number of rotatable bonds is 7. The van der Waals surface area contributed by atoms with Crippen LogP contribution < -0.4 is 10.6 Å². The fourth-order valence-corrected chi connectivity index (χ4v) is 5.94. The Morgan fingerprint density at radius 3 is 1.67 bits per heavy atom. The molecular weight excluding hydrogens is 357 g/mol. The van der Waals surface area contributed by atoms with Crippen LogP contribution in [-0.4, -0.2) is 28.8 Å². The van der Waals surface area contributed by atoms with E-state index in [2.05, 4.69) is 0 Å². The number of likely N-dealkylation sites (N-methyl/N-ethyl adjacent to an activating group) is 1. The zero-order chi connectivity index (χ0) is 19.3. The van der Waals surface area contributed by atoms with Crippen molar-refractivity contribution in [1.29, 1.82) is 0 Å². The molecular formula is C22H22NO3P. The molecule has 0 unspecified atom stereocenters. The SMILES string of the molecule is CN([C@@H](Cc1ccccc1)C(=O)O)P(=O)(c1ccccc1)c1ccccc1. The maximum absolute atomic E-state index is 14.3. The molecule has 1 atom stereocenters. The number of aliphatic carboxylic acids is 1. The molecule has 0 bridgehead atoms. The summed E-state index contributed by atoms with van der Waals surface area (Å²) in [7, 11) is -1.67. The van der Waals surface area contributed by atoms with Crippen LogP contribution in [0.25, 0.3) is 0 Å². The first-order chi connectivity index (χ1) is 13.0. The fraction of sp³-hybridized carbons (Fsp3) is 0.136. The lowest BCUT2D eigenvalue weighted by atomic mass is 10.1. The van der Waals surface area contributed by atoms with Gasteiger partial charge in [0.1, 0.15) is 6.04 Å². The largest absolute Gasteiger partial charge is 0.480 e. The van der Waals surface area contributed by atoms with Crippen molar-refractivity contribution >= 4 is 23.9 Å². The normalized spacial score (nSPS) is 12.7. The quantitative estimate of drug-likeness (QED) is 0.638. The average molecular weight is 379 g/mol. The van der Waals surface area contributed by atoms with Crippen molar-refractivity contribution in [3.05, 3.63) is 96.6 Å². The van der Waals surface area contributed by atoms with Crippen molar-refractivity contribution in [3.63, 3.8) is 0 Å². The van der Waals surface area contributed by atoms with Crippen LogP contribution in [0.4, 0.5) is 0 Å². The zero-order valence-corrected chi connectivity index (χ0v) is 16.0. The molecule has 0 aliphatic rings. The van der Waals surface area contributed by atoms with Crippen LogP contribution in [0.15, 0.2) is 91.0 Å². The highest BCUT2D eigenvalue weighted by molar-refractivity contribution is 7.76. The first-order valence-corrected chi connectivity index (χ1v) is 10.4. The summed E-state index contributed by atoms with van der Waals surface area (Å²) < 4.78 is 15.8. The Kier molecular flexibility index (Phi) is 5.90. The summed E-state index contributed by atoms with van der Waals surface area (Å²) in [6, 6.07) is 26.7. The lowest BCUT2D eigenvalue weighted by molar-refractivity contribution is -0.141. The third-order valence-electron chi connectivity index (χ3n) is 4.66. The van der Waals surface area contributed by atoms with Gasteiger partial charge >= 0.3 is 5.97 Å². The topological polar surface area (TPSA) is 57.6 Å². The third kappa shape index (κ3) is 4.02. The number of nitrogens with zero attached hydrogens (tertiary/aromatic N) is 1. The van der Waals surface area contributed by atoms with E-state index in [0.29, 0.717) is 10.6 Å². The van der Waals surface area contributed by atoms with Crippen molar-refractivity contribution in [3.8, 4) is 0 Å². The van der Waals surface area contributed by atoms with Gasteiger partial charge in [-0.2, -0.15) is 0 Å².